The van der Waals surface area contributed by atoms with Gasteiger partial charge in [-0.1, -0.05) is 30.3 Å². The summed E-state index contributed by atoms with van der Waals surface area (Å²) in [6.45, 7) is 3.95. The second-order valence-electron chi connectivity index (χ2n) is 9.91. The van der Waals surface area contributed by atoms with E-state index >= 15 is 0 Å². The van der Waals surface area contributed by atoms with Crippen molar-refractivity contribution < 1.29 is 27.4 Å². The molecule has 224 valence electrons. The number of halogens is 3. The lowest BCUT2D eigenvalue weighted by molar-refractivity contribution is -0.274. The number of hydrogen-bond acceptors (Lipinski definition) is 6. The number of carbonyl (C=O) groups excluding carboxylic acids is 1. The smallest absolute Gasteiger partial charge is 0.493 e. The third kappa shape index (κ3) is 8.62. The Labute approximate surface area is 247 Å². The van der Waals surface area contributed by atoms with Gasteiger partial charge in [0.1, 0.15) is 11.5 Å². The zero-order valence-corrected chi connectivity index (χ0v) is 23.4. The summed E-state index contributed by atoms with van der Waals surface area (Å²) in [4.78, 5) is 18.5. The fourth-order valence-corrected chi connectivity index (χ4v) is 4.89. The summed E-state index contributed by atoms with van der Waals surface area (Å²) in [7, 11) is 0. The van der Waals surface area contributed by atoms with Gasteiger partial charge >= 0.3 is 12.4 Å². The number of nitrogens with zero attached hydrogens (tertiary/aromatic N) is 2. The third-order valence-corrected chi connectivity index (χ3v) is 6.89. The Morgan fingerprint density at radius 2 is 1.70 bits per heavy atom. The van der Waals surface area contributed by atoms with Crippen molar-refractivity contribution >= 4 is 17.4 Å². The predicted octanol–water partition coefficient (Wildman–Crippen LogP) is 6.00. The van der Waals surface area contributed by atoms with Crippen molar-refractivity contribution in [1.29, 1.82) is 0 Å². The number of piperazine rings is 1. The highest BCUT2D eigenvalue weighted by Gasteiger charge is 2.31. The van der Waals surface area contributed by atoms with E-state index in [9.17, 15) is 18.0 Å². The van der Waals surface area contributed by atoms with Gasteiger partial charge in [-0.25, -0.2) is 4.79 Å². The van der Waals surface area contributed by atoms with E-state index in [0.29, 0.717) is 30.0 Å². The van der Waals surface area contributed by atoms with Crippen molar-refractivity contribution in [3.63, 3.8) is 0 Å². The molecule has 3 N–H and O–H groups in total. The highest BCUT2D eigenvalue weighted by atomic mass is 19.4. The van der Waals surface area contributed by atoms with Crippen LogP contribution < -0.4 is 30.3 Å². The number of para-hydroxylation sites is 1. The van der Waals surface area contributed by atoms with Crippen LogP contribution in [-0.4, -0.2) is 50.2 Å². The van der Waals surface area contributed by atoms with Gasteiger partial charge in [-0.15, -0.1) is 13.2 Å². The highest BCUT2D eigenvalue weighted by Crippen LogP contribution is 2.36. The van der Waals surface area contributed by atoms with Gasteiger partial charge in [-0.3, -0.25) is 4.98 Å². The number of alkyl halides is 3. The Morgan fingerprint density at radius 1 is 0.930 bits per heavy atom. The molecular weight excluding hydrogens is 559 g/mol. The van der Waals surface area contributed by atoms with Crippen molar-refractivity contribution in [2.75, 3.05) is 43.0 Å². The fraction of sp³-hybridized carbons (Fsp3) is 0.250. The number of pyridine rings is 1. The standard InChI is InChI=1S/C32H32F3N5O3/c33-32(34,35)43-27-11-12-28(29-5-1-2-6-30(29)40-17-15-36-16-18-40)24(20-27)13-19-42-26-9-7-25(8-10-26)39-31(41)38-22-23-4-3-14-37-21-23/h1-12,14,20-21,36H,13,15-19,22H2,(H2,38,39,41). The molecule has 11 heteroatoms. The summed E-state index contributed by atoms with van der Waals surface area (Å²) in [5.41, 5.74) is 4.93. The van der Waals surface area contributed by atoms with E-state index in [0.717, 1.165) is 48.6 Å². The van der Waals surface area contributed by atoms with Crippen molar-refractivity contribution in [3.8, 4) is 22.6 Å². The largest absolute Gasteiger partial charge is 0.573 e. The van der Waals surface area contributed by atoms with Gasteiger partial charge in [0, 0.05) is 68.5 Å². The molecule has 8 nitrogen and oxygen atoms in total. The summed E-state index contributed by atoms with van der Waals surface area (Å²) in [6.07, 6.45) is -1.10. The number of hydrogen-bond donors (Lipinski definition) is 3. The maximum atomic E-state index is 13.0. The topological polar surface area (TPSA) is 87.8 Å². The van der Waals surface area contributed by atoms with Crippen molar-refractivity contribution in [3.05, 3.63) is 102 Å². The molecule has 2 heterocycles. The van der Waals surface area contributed by atoms with Crippen molar-refractivity contribution in [2.45, 2.75) is 19.3 Å². The number of anilines is 2. The van der Waals surface area contributed by atoms with Crippen LogP contribution in [0.1, 0.15) is 11.1 Å². The minimum atomic E-state index is -4.79. The van der Waals surface area contributed by atoms with E-state index in [1.165, 1.54) is 12.1 Å². The van der Waals surface area contributed by atoms with Crippen LogP contribution in [0.5, 0.6) is 11.5 Å². The van der Waals surface area contributed by atoms with Crippen LogP contribution in [0.3, 0.4) is 0 Å². The molecule has 0 unspecified atom stereocenters. The van der Waals surface area contributed by atoms with Gasteiger partial charge < -0.3 is 30.3 Å². The number of rotatable bonds is 10. The number of benzene rings is 3. The lowest BCUT2D eigenvalue weighted by Gasteiger charge is -2.31. The van der Waals surface area contributed by atoms with Crippen LogP contribution in [0, 0.1) is 0 Å². The summed E-state index contributed by atoms with van der Waals surface area (Å²) >= 11 is 0. The van der Waals surface area contributed by atoms with Crippen molar-refractivity contribution in [1.82, 2.24) is 15.6 Å². The van der Waals surface area contributed by atoms with E-state index in [2.05, 4.69) is 30.6 Å². The number of carbonyl (C=O) groups is 1. The Kier molecular flexibility index (Phi) is 9.63. The maximum Gasteiger partial charge on any atom is 0.573 e. The average Bonchev–Trinajstić information content (AvgIpc) is 3.01. The van der Waals surface area contributed by atoms with Gasteiger partial charge in [0.25, 0.3) is 0 Å². The van der Waals surface area contributed by atoms with Crippen LogP contribution in [0.2, 0.25) is 0 Å². The quantitative estimate of drug-likeness (QED) is 0.210. The molecule has 4 aromatic rings. The molecule has 1 aromatic heterocycles. The SMILES string of the molecule is O=C(NCc1cccnc1)Nc1ccc(OCCc2cc(OC(F)(F)F)ccc2-c2ccccc2N2CCNCC2)cc1. The van der Waals surface area contributed by atoms with Crippen LogP contribution in [-0.2, 0) is 13.0 Å². The minimum Gasteiger partial charge on any atom is -0.493 e. The molecule has 0 radical (unpaired) electrons. The lowest BCUT2D eigenvalue weighted by Crippen LogP contribution is -2.43. The van der Waals surface area contributed by atoms with Gasteiger partial charge in [0.05, 0.1) is 6.61 Å². The molecule has 43 heavy (non-hydrogen) atoms. The first kappa shape index (κ1) is 29.7. The Bertz CT molecular complexity index is 1490. The van der Waals surface area contributed by atoms with E-state index in [-0.39, 0.29) is 18.4 Å². The molecule has 0 spiro atoms. The monoisotopic (exact) mass is 591 g/mol. The summed E-state index contributed by atoms with van der Waals surface area (Å²) in [6, 6.07) is 22.6. The Hall–Kier alpha value is -4.77. The molecule has 0 atom stereocenters. The number of aromatic nitrogens is 1. The zero-order valence-electron chi connectivity index (χ0n) is 23.4. The molecule has 0 aliphatic carbocycles. The molecule has 1 saturated heterocycles. The molecule has 3 aromatic carbocycles. The highest BCUT2D eigenvalue weighted by molar-refractivity contribution is 5.89. The number of ether oxygens (including phenoxy) is 2. The van der Waals surface area contributed by atoms with Crippen LogP contribution in [0.15, 0.2) is 91.3 Å². The Morgan fingerprint density at radius 3 is 2.44 bits per heavy atom. The van der Waals surface area contributed by atoms with Gasteiger partial charge in [0.2, 0.25) is 0 Å². The van der Waals surface area contributed by atoms with E-state index in [1.54, 1.807) is 48.8 Å². The second kappa shape index (κ2) is 13.9. The first-order valence-corrected chi connectivity index (χ1v) is 13.9. The first-order chi connectivity index (χ1) is 20.8. The molecule has 1 aliphatic rings. The number of amides is 2. The number of urea groups is 1. The maximum absolute atomic E-state index is 13.0. The van der Waals surface area contributed by atoms with Crippen LogP contribution >= 0.6 is 0 Å². The van der Waals surface area contributed by atoms with Crippen LogP contribution in [0.25, 0.3) is 11.1 Å². The predicted molar refractivity (Wildman–Crippen MR) is 159 cm³/mol. The molecule has 0 bridgehead atoms. The van der Waals surface area contributed by atoms with E-state index in [1.807, 2.05) is 30.3 Å². The van der Waals surface area contributed by atoms with E-state index < -0.39 is 6.36 Å². The number of nitrogens with one attached hydrogen (secondary N) is 3. The Balaban J connectivity index is 1.25. The third-order valence-electron chi connectivity index (χ3n) is 6.89. The summed E-state index contributed by atoms with van der Waals surface area (Å²) in [5.74, 6) is 0.287. The molecule has 0 saturated carbocycles. The average molecular weight is 592 g/mol. The summed E-state index contributed by atoms with van der Waals surface area (Å²) in [5, 5.41) is 8.88. The van der Waals surface area contributed by atoms with Crippen molar-refractivity contribution in [2.24, 2.45) is 0 Å². The van der Waals surface area contributed by atoms with Gasteiger partial charge in [-0.2, -0.15) is 0 Å². The van der Waals surface area contributed by atoms with Crippen LogP contribution in [0.4, 0.5) is 29.3 Å². The molecule has 1 aliphatic heterocycles. The zero-order chi connectivity index (χ0) is 30.1. The lowest BCUT2D eigenvalue weighted by atomic mass is 9.95. The molecular formula is C32H32F3N5O3. The second-order valence-corrected chi connectivity index (χ2v) is 9.91. The van der Waals surface area contributed by atoms with Gasteiger partial charge in [-0.05, 0) is 65.2 Å². The normalized spacial score (nSPS) is 13.3. The van der Waals surface area contributed by atoms with Gasteiger partial charge in [0.15, 0.2) is 0 Å². The fourth-order valence-electron chi connectivity index (χ4n) is 4.89. The molecule has 2 amide bonds. The summed E-state index contributed by atoms with van der Waals surface area (Å²) < 4.78 is 49.2. The first-order valence-electron chi connectivity index (χ1n) is 13.9. The minimum absolute atomic E-state index is 0.219. The molecule has 1 fully saturated rings. The van der Waals surface area contributed by atoms with E-state index in [4.69, 9.17) is 4.74 Å². The molecule has 5 rings (SSSR count).